The van der Waals surface area contributed by atoms with Crippen LogP contribution in [0.5, 0.6) is 0 Å². The predicted molar refractivity (Wildman–Crippen MR) is 115 cm³/mol. The van der Waals surface area contributed by atoms with E-state index in [2.05, 4.69) is 9.97 Å². The lowest BCUT2D eigenvalue weighted by Gasteiger charge is -2.18. The maximum absolute atomic E-state index is 12.5. The van der Waals surface area contributed by atoms with E-state index in [0.29, 0.717) is 22.1 Å². The summed E-state index contributed by atoms with van der Waals surface area (Å²) in [6.07, 6.45) is -2.12. The number of pyridine rings is 1. The Hall–Kier alpha value is -3.75. The van der Waals surface area contributed by atoms with Gasteiger partial charge in [0, 0.05) is 43.4 Å². The van der Waals surface area contributed by atoms with Gasteiger partial charge < -0.3 is 9.47 Å². The van der Waals surface area contributed by atoms with Gasteiger partial charge in [0.15, 0.2) is 0 Å². The van der Waals surface area contributed by atoms with Gasteiger partial charge in [-0.3, -0.25) is 14.6 Å². The summed E-state index contributed by atoms with van der Waals surface area (Å²) < 4.78 is 38.9. The Labute approximate surface area is 180 Å². The van der Waals surface area contributed by atoms with Crippen molar-refractivity contribution in [2.45, 2.75) is 12.6 Å². The fourth-order valence-electron chi connectivity index (χ4n) is 3.40. The van der Waals surface area contributed by atoms with Crippen molar-refractivity contribution < 1.29 is 18.0 Å². The van der Waals surface area contributed by atoms with E-state index in [-0.39, 0.29) is 11.1 Å². The molecule has 0 fully saturated rings. The maximum atomic E-state index is 12.5. The van der Waals surface area contributed by atoms with Crippen LogP contribution in [0.2, 0.25) is 0 Å². The second-order valence-electron chi connectivity index (χ2n) is 7.58. The van der Waals surface area contributed by atoms with Crippen LogP contribution in [-0.2, 0) is 7.05 Å². The third kappa shape index (κ3) is 4.32. The summed E-state index contributed by atoms with van der Waals surface area (Å²) in [5, 5.41) is 1.35. The molecule has 1 amide bonds. The predicted octanol–water partition coefficient (Wildman–Crippen LogP) is 4.17. The van der Waals surface area contributed by atoms with Gasteiger partial charge in [0.25, 0.3) is 11.5 Å². The summed E-state index contributed by atoms with van der Waals surface area (Å²) in [6.45, 7) is -0.428. The highest BCUT2D eigenvalue weighted by molar-refractivity contribution is 5.97. The van der Waals surface area contributed by atoms with E-state index >= 15 is 0 Å². The standard InChI is InChI=1S/C23H19F3N4O2/c1-29-9-7-14-11-15(3-5-17(14)22(29)32)20-13-27-18-6-4-16(12-19(18)28-20)21(31)30(2)10-8-23(24,25)26/h3-7,9,11-13H,8,10H2,1-2H3. The Bertz CT molecular complexity index is 1400. The van der Waals surface area contributed by atoms with Crippen LogP contribution in [0.3, 0.4) is 0 Å². The highest BCUT2D eigenvalue weighted by atomic mass is 19.4. The van der Waals surface area contributed by atoms with Crippen LogP contribution >= 0.6 is 0 Å². The molecule has 6 nitrogen and oxygen atoms in total. The Morgan fingerprint density at radius 1 is 1.09 bits per heavy atom. The summed E-state index contributed by atoms with van der Waals surface area (Å²) >= 11 is 0. The van der Waals surface area contributed by atoms with Crippen molar-refractivity contribution in [1.82, 2.24) is 19.4 Å². The molecule has 164 valence electrons. The molecular weight excluding hydrogens is 421 g/mol. The molecular formula is C23H19F3N4O2. The molecule has 0 saturated carbocycles. The molecule has 0 spiro atoms. The summed E-state index contributed by atoms with van der Waals surface area (Å²) in [5.41, 5.74) is 2.43. The van der Waals surface area contributed by atoms with Crippen LogP contribution in [0.25, 0.3) is 33.1 Å². The second kappa shape index (κ2) is 8.07. The largest absolute Gasteiger partial charge is 0.390 e. The van der Waals surface area contributed by atoms with Gasteiger partial charge in [-0.05, 0) is 41.8 Å². The monoisotopic (exact) mass is 440 g/mol. The first-order valence-corrected chi connectivity index (χ1v) is 9.81. The molecule has 2 aromatic carbocycles. The van der Waals surface area contributed by atoms with Gasteiger partial charge in [-0.1, -0.05) is 6.07 Å². The van der Waals surface area contributed by atoms with Crippen LogP contribution in [0.15, 0.2) is 59.7 Å². The van der Waals surface area contributed by atoms with E-state index in [0.717, 1.165) is 15.8 Å². The molecule has 4 aromatic rings. The number of fused-ring (bicyclic) bond motifs is 2. The number of aryl methyl sites for hydroxylation is 1. The number of hydrogen-bond acceptors (Lipinski definition) is 4. The zero-order valence-electron chi connectivity index (χ0n) is 17.3. The van der Waals surface area contributed by atoms with Crippen LogP contribution < -0.4 is 5.56 Å². The molecule has 0 aliphatic carbocycles. The number of hydrogen-bond donors (Lipinski definition) is 0. The molecule has 0 unspecified atom stereocenters. The molecule has 32 heavy (non-hydrogen) atoms. The van der Waals surface area contributed by atoms with Crippen molar-refractivity contribution in [3.8, 4) is 11.3 Å². The van der Waals surface area contributed by atoms with E-state index in [1.807, 2.05) is 12.1 Å². The van der Waals surface area contributed by atoms with E-state index in [4.69, 9.17) is 0 Å². The van der Waals surface area contributed by atoms with Crippen molar-refractivity contribution in [3.05, 3.63) is 70.8 Å². The zero-order valence-corrected chi connectivity index (χ0v) is 17.3. The number of benzene rings is 2. The lowest BCUT2D eigenvalue weighted by atomic mass is 10.1. The lowest BCUT2D eigenvalue weighted by molar-refractivity contribution is -0.136. The van der Waals surface area contributed by atoms with Crippen LogP contribution in [0.1, 0.15) is 16.8 Å². The zero-order chi connectivity index (χ0) is 23.0. The SMILES string of the molecule is CN(CCC(F)(F)F)C(=O)c1ccc2ncc(-c3ccc4c(=O)n(C)ccc4c3)nc2c1. The average molecular weight is 440 g/mol. The van der Waals surface area contributed by atoms with E-state index in [1.165, 1.54) is 23.7 Å². The average Bonchev–Trinajstić information content (AvgIpc) is 2.78. The summed E-state index contributed by atoms with van der Waals surface area (Å²) in [5.74, 6) is -0.523. The summed E-state index contributed by atoms with van der Waals surface area (Å²) in [4.78, 5) is 34.8. The molecule has 9 heteroatoms. The van der Waals surface area contributed by atoms with E-state index < -0.39 is 25.0 Å². The second-order valence-corrected chi connectivity index (χ2v) is 7.58. The molecule has 0 N–H and O–H groups in total. The van der Waals surface area contributed by atoms with Gasteiger partial charge >= 0.3 is 6.18 Å². The molecule has 0 bridgehead atoms. The molecule has 2 aromatic heterocycles. The fraction of sp³-hybridized carbons (Fsp3) is 0.217. The molecule has 4 rings (SSSR count). The topological polar surface area (TPSA) is 68.1 Å². The fourth-order valence-corrected chi connectivity index (χ4v) is 3.40. The summed E-state index contributed by atoms with van der Waals surface area (Å²) in [6, 6.07) is 11.8. The van der Waals surface area contributed by atoms with Crippen molar-refractivity contribution in [3.63, 3.8) is 0 Å². The van der Waals surface area contributed by atoms with Gasteiger partial charge in [-0.25, -0.2) is 4.98 Å². The first-order chi connectivity index (χ1) is 15.1. The number of halogens is 3. The minimum atomic E-state index is -4.33. The van der Waals surface area contributed by atoms with Crippen LogP contribution in [0, 0.1) is 0 Å². The smallest absolute Gasteiger partial charge is 0.341 e. The maximum Gasteiger partial charge on any atom is 0.390 e. The van der Waals surface area contributed by atoms with Gasteiger partial charge in [0.2, 0.25) is 0 Å². The molecule has 0 radical (unpaired) electrons. The number of carbonyl (C=O) groups is 1. The van der Waals surface area contributed by atoms with E-state index in [9.17, 15) is 22.8 Å². The van der Waals surface area contributed by atoms with E-state index in [1.54, 1.807) is 37.6 Å². The molecule has 0 aliphatic rings. The number of rotatable bonds is 4. The Kier molecular flexibility index (Phi) is 5.41. The number of nitrogens with zero attached hydrogens (tertiary/aromatic N) is 4. The number of carbonyl (C=O) groups excluding carboxylic acids is 1. The minimum Gasteiger partial charge on any atom is -0.341 e. The minimum absolute atomic E-state index is 0.101. The van der Waals surface area contributed by atoms with Gasteiger partial charge in [0.05, 0.1) is 29.3 Å². The Morgan fingerprint density at radius 2 is 1.88 bits per heavy atom. The van der Waals surface area contributed by atoms with Crippen molar-refractivity contribution >= 4 is 27.7 Å². The highest BCUT2D eigenvalue weighted by Gasteiger charge is 2.28. The van der Waals surface area contributed by atoms with Gasteiger partial charge in [-0.2, -0.15) is 13.2 Å². The Morgan fingerprint density at radius 3 is 2.62 bits per heavy atom. The highest BCUT2D eigenvalue weighted by Crippen LogP contribution is 2.24. The first kappa shape index (κ1) is 21.5. The number of alkyl halides is 3. The molecule has 0 atom stereocenters. The van der Waals surface area contributed by atoms with Crippen molar-refractivity contribution in [1.29, 1.82) is 0 Å². The molecule has 0 saturated heterocycles. The summed E-state index contributed by atoms with van der Waals surface area (Å²) in [7, 11) is 3.02. The Balaban J connectivity index is 1.67. The van der Waals surface area contributed by atoms with Crippen LogP contribution in [-0.4, -0.2) is 45.1 Å². The first-order valence-electron chi connectivity index (χ1n) is 9.81. The normalized spacial score (nSPS) is 11.8. The van der Waals surface area contributed by atoms with Crippen molar-refractivity contribution in [2.24, 2.45) is 7.05 Å². The quantitative estimate of drug-likeness (QED) is 0.478. The van der Waals surface area contributed by atoms with Gasteiger partial charge in [0.1, 0.15) is 0 Å². The number of amides is 1. The number of aromatic nitrogens is 3. The third-order valence-corrected chi connectivity index (χ3v) is 5.24. The third-order valence-electron chi connectivity index (χ3n) is 5.24. The lowest BCUT2D eigenvalue weighted by Crippen LogP contribution is -2.30. The molecule has 2 heterocycles. The molecule has 0 aliphatic heterocycles. The van der Waals surface area contributed by atoms with Crippen molar-refractivity contribution in [2.75, 3.05) is 13.6 Å². The van der Waals surface area contributed by atoms with Crippen LogP contribution in [0.4, 0.5) is 13.2 Å². The van der Waals surface area contributed by atoms with Gasteiger partial charge in [-0.15, -0.1) is 0 Å².